The van der Waals surface area contributed by atoms with Gasteiger partial charge in [-0.1, -0.05) is 59.9 Å². The van der Waals surface area contributed by atoms with Crippen LogP contribution in [-0.2, 0) is 11.3 Å². The summed E-state index contributed by atoms with van der Waals surface area (Å²) in [5.74, 6) is 0. The average Bonchev–Trinajstić information content (AvgIpc) is 2.43. The molecule has 1 nitrogen and oxygen atoms in total. The smallest absolute Gasteiger partial charge is 0.0841 e. The van der Waals surface area contributed by atoms with E-state index in [0.29, 0.717) is 16.7 Å². The zero-order chi connectivity index (χ0) is 15.4. The number of rotatable bonds is 5. The highest BCUT2D eigenvalue weighted by molar-refractivity contribution is 6.35. The molecule has 0 spiro atoms. The van der Waals surface area contributed by atoms with E-state index in [1.54, 1.807) is 6.07 Å². The monoisotopic (exact) mass is 342 g/mol. The highest BCUT2D eigenvalue weighted by Gasteiger charge is 2.14. The molecule has 0 bridgehead atoms. The van der Waals surface area contributed by atoms with Crippen molar-refractivity contribution in [2.24, 2.45) is 0 Å². The van der Waals surface area contributed by atoms with Crippen LogP contribution in [0.4, 0.5) is 0 Å². The zero-order valence-corrected chi connectivity index (χ0v) is 14.3. The first-order valence-corrected chi connectivity index (χ1v) is 7.96. The van der Waals surface area contributed by atoms with Gasteiger partial charge in [-0.25, -0.2) is 0 Å². The first-order chi connectivity index (χ1) is 10.0. The molecule has 0 fully saturated rings. The SMILES string of the molecule is CCC(OCc1ccc(C)cc1Cl)c1ccc(Cl)cc1Cl. The second kappa shape index (κ2) is 7.51. The van der Waals surface area contributed by atoms with Gasteiger partial charge < -0.3 is 4.74 Å². The second-order valence-corrected chi connectivity index (χ2v) is 6.22. The molecule has 0 heterocycles. The van der Waals surface area contributed by atoms with Crippen molar-refractivity contribution in [3.63, 3.8) is 0 Å². The van der Waals surface area contributed by atoms with Crippen LogP contribution in [0.25, 0.3) is 0 Å². The molecule has 2 rings (SSSR count). The molecular weight excluding hydrogens is 327 g/mol. The Balaban J connectivity index is 2.12. The van der Waals surface area contributed by atoms with Crippen molar-refractivity contribution in [3.05, 3.63) is 68.2 Å². The van der Waals surface area contributed by atoms with Gasteiger partial charge in [0.25, 0.3) is 0 Å². The minimum absolute atomic E-state index is 0.0767. The van der Waals surface area contributed by atoms with Gasteiger partial charge in [-0.15, -0.1) is 0 Å². The van der Waals surface area contributed by atoms with Crippen molar-refractivity contribution in [1.29, 1.82) is 0 Å². The van der Waals surface area contributed by atoms with Crippen LogP contribution < -0.4 is 0 Å². The normalized spacial score (nSPS) is 12.4. The molecule has 0 aliphatic rings. The maximum absolute atomic E-state index is 6.25. The van der Waals surface area contributed by atoms with Crippen LogP contribution in [0.2, 0.25) is 15.1 Å². The Hall–Kier alpha value is -0.730. The van der Waals surface area contributed by atoms with E-state index in [-0.39, 0.29) is 6.10 Å². The van der Waals surface area contributed by atoms with Gasteiger partial charge in [0.2, 0.25) is 0 Å². The zero-order valence-electron chi connectivity index (χ0n) is 12.0. The minimum Gasteiger partial charge on any atom is -0.369 e. The van der Waals surface area contributed by atoms with Crippen LogP contribution >= 0.6 is 34.8 Å². The molecule has 0 aromatic heterocycles. The molecule has 0 aliphatic carbocycles. The van der Waals surface area contributed by atoms with E-state index in [2.05, 4.69) is 6.92 Å². The molecule has 21 heavy (non-hydrogen) atoms. The van der Waals surface area contributed by atoms with E-state index in [0.717, 1.165) is 28.1 Å². The molecular formula is C17H17Cl3O. The highest BCUT2D eigenvalue weighted by atomic mass is 35.5. The van der Waals surface area contributed by atoms with Gasteiger partial charge >= 0.3 is 0 Å². The van der Waals surface area contributed by atoms with Crippen molar-refractivity contribution in [2.45, 2.75) is 33.0 Å². The summed E-state index contributed by atoms with van der Waals surface area (Å²) in [5, 5.41) is 1.98. The molecule has 2 aromatic carbocycles. The Bertz CT molecular complexity index is 625. The lowest BCUT2D eigenvalue weighted by Crippen LogP contribution is -2.04. The van der Waals surface area contributed by atoms with Gasteiger partial charge in [0, 0.05) is 15.1 Å². The van der Waals surface area contributed by atoms with Gasteiger partial charge in [0.05, 0.1) is 12.7 Å². The van der Waals surface area contributed by atoms with Crippen molar-refractivity contribution in [1.82, 2.24) is 0 Å². The molecule has 1 atom stereocenters. The van der Waals surface area contributed by atoms with E-state index >= 15 is 0 Å². The molecule has 2 aromatic rings. The summed E-state index contributed by atoms with van der Waals surface area (Å²) in [7, 11) is 0. The third-order valence-electron chi connectivity index (χ3n) is 3.33. The predicted octanol–water partition coefficient (Wildman–Crippen LogP) is 6.62. The van der Waals surface area contributed by atoms with E-state index < -0.39 is 0 Å². The molecule has 0 aliphatic heterocycles. The molecule has 0 saturated heterocycles. The Morgan fingerprint density at radius 1 is 1.00 bits per heavy atom. The van der Waals surface area contributed by atoms with Crippen LogP contribution in [0.3, 0.4) is 0 Å². The van der Waals surface area contributed by atoms with E-state index in [4.69, 9.17) is 39.5 Å². The topological polar surface area (TPSA) is 9.23 Å². The first-order valence-electron chi connectivity index (χ1n) is 6.82. The summed E-state index contributed by atoms with van der Waals surface area (Å²) in [4.78, 5) is 0. The molecule has 0 saturated carbocycles. The molecule has 0 N–H and O–H groups in total. The number of aryl methyl sites for hydroxylation is 1. The molecule has 0 amide bonds. The van der Waals surface area contributed by atoms with Crippen molar-refractivity contribution in [3.8, 4) is 0 Å². The summed E-state index contributed by atoms with van der Waals surface area (Å²) in [6.45, 7) is 4.53. The fraction of sp³-hybridized carbons (Fsp3) is 0.294. The van der Waals surface area contributed by atoms with Crippen LogP contribution in [0.15, 0.2) is 36.4 Å². The lowest BCUT2D eigenvalue weighted by molar-refractivity contribution is 0.0373. The van der Waals surface area contributed by atoms with Gasteiger partial charge in [0.15, 0.2) is 0 Å². The number of halogens is 3. The summed E-state index contributed by atoms with van der Waals surface area (Å²) in [6.07, 6.45) is 0.748. The predicted molar refractivity (Wildman–Crippen MR) is 90.5 cm³/mol. The van der Waals surface area contributed by atoms with Crippen molar-refractivity contribution >= 4 is 34.8 Å². The van der Waals surface area contributed by atoms with Crippen molar-refractivity contribution < 1.29 is 4.74 Å². The Kier molecular flexibility index (Phi) is 5.95. The Labute approximate surface area is 140 Å². The molecule has 4 heteroatoms. The van der Waals surface area contributed by atoms with Gasteiger partial charge in [0.1, 0.15) is 0 Å². The standard InChI is InChI=1S/C17H17Cl3O/c1-3-17(14-7-6-13(18)9-16(14)20)21-10-12-5-4-11(2)8-15(12)19/h4-9,17H,3,10H2,1-2H3. The van der Waals surface area contributed by atoms with E-state index in [1.807, 2.05) is 37.3 Å². The van der Waals surface area contributed by atoms with Gasteiger partial charge in [-0.2, -0.15) is 0 Å². The van der Waals surface area contributed by atoms with Crippen LogP contribution in [0.5, 0.6) is 0 Å². The maximum Gasteiger partial charge on any atom is 0.0841 e. The van der Waals surface area contributed by atoms with Gasteiger partial charge in [-0.05, 0) is 48.2 Å². The fourth-order valence-corrected chi connectivity index (χ4v) is 2.97. The van der Waals surface area contributed by atoms with Crippen LogP contribution in [-0.4, -0.2) is 0 Å². The number of hydrogen-bond acceptors (Lipinski definition) is 1. The fourth-order valence-electron chi connectivity index (χ4n) is 2.15. The van der Waals surface area contributed by atoms with Crippen LogP contribution in [0, 0.1) is 6.92 Å². The summed E-state index contributed by atoms with van der Waals surface area (Å²) in [6, 6.07) is 11.4. The largest absolute Gasteiger partial charge is 0.369 e. The minimum atomic E-state index is -0.0767. The number of hydrogen-bond donors (Lipinski definition) is 0. The van der Waals surface area contributed by atoms with E-state index in [1.165, 1.54) is 0 Å². The van der Waals surface area contributed by atoms with Crippen LogP contribution in [0.1, 0.15) is 36.1 Å². The number of ether oxygens (including phenoxy) is 1. The third kappa shape index (κ3) is 4.37. The second-order valence-electron chi connectivity index (χ2n) is 4.97. The average molecular weight is 344 g/mol. The Morgan fingerprint density at radius 2 is 1.76 bits per heavy atom. The quantitative estimate of drug-likeness (QED) is 0.592. The molecule has 112 valence electrons. The summed E-state index contributed by atoms with van der Waals surface area (Å²) < 4.78 is 5.99. The maximum atomic E-state index is 6.25. The van der Waals surface area contributed by atoms with E-state index in [9.17, 15) is 0 Å². The Morgan fingerprint density at radius 3 is 2.38 bits per heavy atom. The number of benzene rings is 2. The van der Waals surface area contributed by atoms with Crippen molar-refractivity contribution in [2.75, 3.05) is 0 Å². The molecule has 1 unspecified atom stereocenters. The lowest BCUT2D eigenvalue weighted by atomic mass is 10.1. The van der Waals surface area contributed by atoms with Gasteiger partial charge in [-0.3, -0.25) is 0 Å². The highest BCUT2D eigenvalue weighted by Crippen LogP contribution is 2.31. The third-order valence-corrected chi connectivity index (χ3v) is 4.24. The lowest BCUT2D eigenvalue weighted by Gasteiger charge is -2.18. The summed E-state index contributed by atoms with van der Waals surface area (Å²) in [5.41, 5.74) is 3.06. The summed E-state index contributed by atoms with van der Waals surface area (Å²) >= 11 is 18.4. The first kappa shape index (κ1) is 16.6. The molecule has 0 radical (unpaired) electrons.